The van der Waals surface area contributed by atoms with E-state index in [-0.39, 0.29) is 18.3 Å². The summed E-state index contributed by atoms with van der Waals surface area (Å²) in [4.78, 5) is 11.7. The Kier molecular flexibility index (Phi) is 5.46. The number of carbonyl (C=O) groups is 1. The van der Waals surface area contributed by atoms with Crippen molar-refractivity contribution in [1.29, 1.82) is 0 Å². The molecule has 1 amide bonds. The number of aryl methyl sites for hydroxylation is 1. The molecule has 2 aromatic carbocycles. The van der Waals surface area contributed by atoms with Gasteiger partial charge in [-0.3, -0.25) is 4.79 Å². The molecule has 0 aliphatic rings. The van der Waals surface area contributed by atoms with E-state index in [2.05, 4.69) is 29.7 Å². The van der Waals surface area contributed by atoms with Crippen molar-refractivity contribution in [2.24, 2.45) is 0 Å². The Morgan fingerprint density at radius 2 is 1.81 bits per heavy atom. The van der Waals surface area contributed by atoms with Crippen molar-refractivity contribution >= 4 is 11.6 Å². The highest BCUT2D eigenvalue weighted by atomic mass is 19.1. The van der Waals surface area contributed by atoms with E-state index in [4.69, 9.17) is 0 Å². The van der Waals surface area contributed by atoms with Crippen LogP contribution in [0, 0.1) is 12.7 Å². The molecule has 0 saturated carbocycles. The van der Waals surface area contributed by atoms with Crippen LogP contribution < -0.4 is 10.6 Å². The van der Waals surface area contributed by atoms with Crippen molar-refractivity contribution in [2.45, 2.75) is 13.3 Å². The summed E-state index contributed by atoms with van der Waals surface area (Å²) >= 11 is 0. The molecule has 0 aromatic heterocycles. The van der Waals surface area contributed by atoms with E-state index in [1.54, 1.807) is 12.1 Å². The predicted octanol–water partition coefficient (Wildman–Crippen LogP) is 2.90. The van der Waals surface area contributed by atoms with Gasteiger partial charge in [0, 0.05) is 5.69 Å². The van der Waals surface area contributed by atoms with Crippen LogP contribution in [-0.2, 0) is 11.2 Å². The number of halogens is 1. The number of hydrogen-bond donors (Lipinski definition) is 2. The summed E-state index contributed by atoms with van der Waals surface area (Å²) in [6, 6.07) is 13.9. The van der Waals surface area contributed by atoms with E-state index in [1.165, 1.54) is 23.3 Å². The Balaban J connectivity index is 1.70. The molecule has 110 valence electrons. The zero-order valence-electron chi connectivity index (χ0n) is 12.0. The minimum Gasteiger partial charge on any atom is -0.325 e. The zero-order valence-corrected chi connectivity index (χ0v) is 12.0. The lowest BCUT2D eigenvalue weighted by molar-refractivity contribution is -0.115. The van der Waals surface area contributed by atoms with Crippen LogP contribution in [0.2, 0.25) is 0 Å². The summed E-state index contributed by atoms with van der Waals surface area (Å²) in [7, 11) is 0. The third kappa shape index (κ3) is 5.00. The minimum atomic E-state index is -0.315. The predicted molar refractivity (Wildman–Crippen MR) is 82.8 cm³/mol. The normalized spacial score (nSPS) is 10.4. The lowest BCUT2D eigenvalue weighted by atomic mass is 10.1. The molecule has 21 heavy (non-hydrogen) atoms. The second-order valence-electron chi connectivity index (χ2n) is 4.91. The van der Waals surface area contributed by atoms with E-state index in [0.29, 0.717) is 5.69 Å². The van der Waals surface area contributed by atoms with Crippen LogP contribution in [-0.4, -0.2) is 19.0 Å². The van der Waals surface area contributed by atoms with Gasteiger partial charge in [0.15, 0.2) is 0 Å². The molecule has 2 aromatic rings. The first-order valence-corrected chi connectivity index (χ1v) is 6.96. The molecular formula is C17H19FN2O. The van der Waals surface area contributed by atoms with Crippen LogP contribution in [0.15, 0.2) is 48.5 Å². The average Bonchev–Trinajstić information content (AvgIpc) is 2.48. The number of nitrogens with one attached hydrogen (secondary N) is 2. The summed E-state index contributed by atoms with van der Waals surface area (Å²) in [6.45, 7) is 3.06. The van der Waals surface area contributed by atoms with Crippen LogP contribution in [0.4, 0.5) is 10.1 Å². The highest BCUT2D eigenvalue weighted by Gasteiger charge is 2.02. The van der Waals surface area contributed by atoms with Gasteiger partial charge in [-0.1, -0.05) is 24.3 Å². The standard InChI is InChI=1S/C17H19FN2O/c1-13-4-2-3-5-14(13)10-11-19-12-17(21)20-16-8-6-15(18)7-9-16/h2-9,19H,10-12H2,1H3,(H,20,21). The van der Waals surface area contributed by atoms with Crippen LogP contribution in [0.5, 0.6) is 0 Å². The molecule has 0 fully saturated rings. The first kappa shape index (κ1) is 15.2. The summed E-state index contributed by atoms with van der Waals surface area (Å²) in [6.07, 6.45) is 0.885. The number of anilines is 1. The molecule has 0 saturated heterocycles. The zero-order chi connectivity index (χ0) is 15.1. The molecule has 0 spiro atoms. The highest BCUT2D eigenvalue weighted by Crippen LogP contribution is 2.08. The molecule has 0 aliphatic carbocycles. The summed E-state index contributed by atoms with van der Waals surface area (Å²) in [5, 5.41) is 5.82. The summed E-state index contributed by atoms with van der Waals surface area (Å²) in [5.74, 6) is -0.448. The SMILES string of the molecule is Cc1ccccc1CCNCC(=O)Nc1ccc(F)cc1. The molecule has 0 atom stereocenters. The van der Waals surface area contributed by atoms with E-state index in [1.807, 2.05) is 12.1 Å². The maximum absolute atomic E-state index is 12.7. The first-order chi connectivity index (χ1) is 10.1. The van der Waals surface area contributed by atoms with Gasteiger partial charge in [-0.05, 0) is 55.3 Å². The Morgan fingerprint density at radius 3 is 2.52 bits per heavy atom. The van der Waals surface area contributed by atoms with Crippen molar-refractivity contribution in [1.82, 2.24) is 5.32 Å². The van der Waals surface area contributed by atoms with Gasteiger partial charge >= 0.3 is 0 Å². The van der Waals surface area contributed by atoms with E-state index in [9.17, 15) is 9.18 Å². The number of amides is 1. The van der Waals surface area contributed by atoms with E-state index in [0.717, 1.165) is 13.0 Å². The van der Waals surface area contributed by atoms with Gasteiger partial charge in [-0.15, -0.1) is 0 Å². The van der Waals surface area contributed by atoms with Crippen molar-refractivity contribution in [2.75, 3.05) is 18.4 Å². The lowest BCUT2D eigenvalue weighted by Gasteiger charge is -2.08. The van der Waals surface area contributed by atoms with Gasteiger partial charge in [-0.2, -0.15) is 0 Å². The number of hydrogen-bond acceptors (Lipinski definition) is 2. The topological polar surface area (TPSA) is 41.1 Å². The monoisotopic (exact) mass is 286 g/mol. The van der Waals surface area contributed by atoms with Crippen molar-refractivity contribution < 1.29 is 9.18 Å². The van der Waals surface area contributed by atoms with Gasteiger partial charge in [0.2, 0.25) is 5.91 Å². The molecular weight excluding hydrogens is 267 g/mol. The van der Waals surface area contributed by atoms with Crippen LogP contribution in [0.1, 0.15) is 11.1 Å². The van der Waals surface area contributed by atoms with Gasteiger partial charge in [-0.25, -0.2) is 4.39 Å². The Bertz CT molecular complexity index is 596. The largest absolute Gasteiger partial charge is 0.325 e. The third-order valence-corrected chi connectivity index (χ3v) is 3.25. The Hall–Kier alpha value is -2.20. The lowest BCUT2D eigenvalue weighted by Crippen LogP contribution is -2.29. The minimum absolute atomic E-state index is 0.133. The van der Waals surface area contributed by atoms with Crippen molar-refractivity contribution in [3.05, 3.63) is 65.5 Å². The average molecular weight is 286 g/mol. The Morgan fingerprint density at radius 1 is 1.10 bits per heavy atom. The van der Waals surface area contributed by atoms with Gasteiger partial charge < -0.3 is 10.6 Å². The van der Waals surface area contributed by atoms with Crippen molar-refractivity contribution in [3.8, 4) is 0 Å². The maximum Gasteiger partial charge on any atom is 0.238 e. The molecule has 4 heteroatoms. The molecule has 2 rings (SSSR count). The van der Waals surface area contributed by atoms with Crippen LogP contribution >= 0.6 is 0 Å². The molecule has 0 heterocycles. The van der Waals surface area contributed by atoms with Crippen molar-refractivity contribution in [3.63, 3.8) is 0 Å². The summed E-state index contributed by atoms with van der Waals surface area (Å²) in [5.41, 5.74) is 3.14. The van der Waals surface area contributed by atoms with Gasteiger partial charge in [0.05, 0.1) is 6.54 Å². The quantitative estimate of drug-likeness (QED) is 0.802. The summed E-state index contributed by atoms with van der Waals surface area (Å²) < 4.78 is 12.7. The number of rotatable bonds is 6. The molecule has 2 N–H and O–H groups in total. The Labute approximate surface area is 124 Å². The smallest absolute Gasteiger partial charge is 0.238 e. The van der Waals surface area contributed by atoms with E-state index < -0.39 is 0 Å². The second kappa shape index (κ2) is 7.55. The second-order valence-corrected chi connectivity index (χ2v) is 4.91. The molecule has 0 radical (unpaired) electrons. The van der Waals surface area contributed by atoms with E-state index >= 15 is 0 Å². The number of benzene rings is 2. The molecule has 0 bridgehead atoms. The van der Waals surface area contributed by atoms with Gasteiger partial charge in [0.25, 0.3) is 0 Å². The molecule has 0 unspecified atom stereocenters. The first-order valence-electron chi connectivity index (χ1n) is 6.96. The molecule has 0 aliphatic heterocycles. The number of carbonyl (C=O) groups excluding carboxylic acids is 1. The van der Waals surface area contributed by atoms with Crippen LogP contribution in [0.3, 0.4) is 0 Å². The van der Waals surface area contributed by atoms with Gasteiger partial charge in [0.1, 0.15) is 5.82 Å². The van der Waals surface area contributed by atoms with Crippen LogP contribution in [0.25, 0.3) is 0 Å². The fraction of sp³-hybridized carbons (Fsp3) is 0.235. The highest BCUT2D eigenvalue weighted by molar-refractivity contribution is 5.92. The molecule has 3 nitrogen and oxygen atoms in total. The third-order valence-electron chi connectivity index (χ3n) is 3.25. The fourth-order valence-electron chi connectivity index (χ4n) is 2.05. The maximum atomic E-state index is 12.7. The fourth-order valence-corrected chi connectivity index (χ4v) is 2.05.